The third kappa shape index (κ3) is 3.95. The van der Waals surface area contributed by atoms with Crippen LogP contribution in [0.25, 0.3) is 0 Å². The molecule has 1 aromatic rings. The Morgan fingerprint density at radius 2 is 2.10 bits per heavy atom. The van der Waals surface area contributed by atoms with Gasteiger partial charge >= 0.3 is 0 Å². The molecule has 0 spiro atoms. The minimum atomic E-state index is 0.436. The van der Waals surface area contributed by atoms with Crippen LogP contribution in [0.4, 0.5) is 0 Å². The molecule has 20 heavy (non-hydrogen) atoms. The topological polar surface area (TPSA) is 33.7 Å². The van der Waals surface area contributed by atoms with Crippen molar-refractivity contribution in [2.24, 2.45) is 0 Å². The van der Waals surface area contributed by atoms with Crippen LogP contribution in [0.1, 0.15) is 18.9 Å². The number of rotatable bonds is 6. The van der Waals surface area contributed by atoms with Crippen molar-refractivity contribution < 1.29 is 9.47 Å². The maximum atomic E-state index is 5.65. The molecule has 112 valence electrons. The number of likely N-dealkylation sites (N-methyl/N-ethyl adjacent to an activating group) is 2. The van der Waals surface area contributed by atoms with Crippen molar-refractivity contribution in [3.05, 3.63) is 29.8 Å². The quantitative estimate of drug-likeness (QED) is 0.861. The molecule has 2 atom stereocenters. The monoisotopic (exact) mass is 278 g/mol. The van der Waals surface area contributed by atoms with Crippen LogP contribution in [-0.4, -0.2) is 50.9 Å². The van der Waals surface area contributed by atoms with Gasteiger partial charge in [0, 0.05) is 25.2 Å². The highest BCUT2D eigenvalue weighted by Gasteiger charge is 2.28. The van der Waals surface area contributed by atoms with E-state index in [9.17, 15) is 0 Å². The van der Waals surface area contributed by atoms with Gasteiger partial charge in [-0.25, -0.2) is 0 Å². The molecule has 1 fully saturated rings. The Balaban J connectivity index is 1.96. The third-order valence-corrected chi connectivity index (χ3v) is 3.95. The van der Waals surface area contributed by atoms with Gasteiger partial charge < -0.3 is 14.8 Å². The molecule has 0 saturated carbocycles. The predicted octanol–water partition coefficient (Wildman–Crippen LogP) is 1.89. The van der Waals surface area contributed by atoms with E-state index >= 15 is 0 Å². The van der Waals surface area contributed by atoms with Gasteiger partial charge in [0.25, 0.3) is 0 Å². The molecule has 1 N–H and O–H groups in total. The van der Waals surface area contributed by atoms with Crippen molar-refractivity contribution in [1.82, 2.24) is 10.2 Å². The van der Waals surface area contributed by atoms with E-state index < -0.39 is 0 Å². The van der Waals surface area contributed by atoms with E-state index in [2.05, 4.69) is 36.3 Å². The lowest BCUT2D eigenvalue weighted by atomic mass is 10.0. The summed E-state index contributed by atoms with van der Waals surface area (Å²) < 4.78 is 10.8. The van der Waals surface area contributed by atoms with Gasteiger partial charge in [-0.2, -0.15) is 0 Å². The standard InChI is InChI=1S/C16H26N2O2/c1-4-17-15-9-10-20-12-16(15)18(2)11-13-5-7-14(19-3)8-6-13/h5-8,15-17H,4,9-12H2,1-3H3. The average molecular weight is 278 g/mol. The molecule has 4 nitrogen and oxygen atoms in total. The molecule has 1 aliphatic rings. The van der Waals surface area contributed by atoms with Gasteiger partial charge in [-0.1, -0.05) is 19.1 Å². The average Bonchev–Trinajstić information content (AvgIpc) is 2.49. The number of hydrogen-bond donors (Lipinski definition) is 1. The van der Waals surface area contributed by atoms with E-state index in [-0.39, 0.29) is 0 Å². The molecule has 0 aromatic heterocycles. The first-order valence-corrected chi connectivity index (χ1v) is 7.39. The molecule has 0 radical (unpaired) electrons. The van der Waals surface area contributed by atoms with E-state index in [4.69, 9.17) is 9.47 Å². The summed E-state index contributed by atoms with van der Waals surface area (Å²) in [5.74, 6) is 0.905. The highest BCUT2D eigenvalue weighted by atomic mass is 16.5. The van der Waals surface area contributed by atoms with Crippen LogP contribution in [0.15, 0.2) is 24.3 Å². The number of ether oxygens (including phenoxy) is 2. The van der Waals surface area contributed by atoms with E-state index in [1.54, 1.807) is 7.11 Å². The van der Waals surface area contributed by atoms with Crippen molar-refractivity contribution in [3.8, 4) is 5.75 Å². The smallest absolute Gasteiger partial charge is 0.118 e. The highest BCUT2D eigenvalue weighted by Crippen LogP contribution is 2.17. The first kappa shape index (κ1) is 15.3. The van der Waals surface area contributed by atoms with Gasteiger partial charge in [-0.05, 0) is 37.7 Å². The summed E-state index contributed by atoms with van der Waals surface area (Å²) in [7, 11) is 3.87. The van der Waals surface area contributed by atoms with Crippen molar-refractivity contribution >= 4 is 0 Å². The summed E-state index contributed by atoms with van der Waals surface area (Å²) in [6, 6.07) is 9.25. The number of methoxy groups -OCH3 is 1. The van der Waals surface area contributed by atoms with E-state index in [1.807, 2.05) is 12.1 Å². The summed E-state index contributed by atoms with van der Waals surface area (Å²) in [5, 5.41) is 3.58. The normalized spacial score (nSPS) is 23.0. The molecule has 0 bridgehead atoms. The van der Waals surface area contributed by atoms with Crippen molar-refractivity contribution in [2.45, 2.75) is 32.0 Å². The third-order valence-electron chi connectivity index (χ3n) is 3.95. The number of nitrogens with one attached hydrogen (secondary N) is 1. The summed E-state index contributed by atoms with van der Waals surface area (Å²) >= 11 is 0. The zero-order chi connectivity index (χ0) is 14.4. The first-order chi connectivity index (χ1) is 9.74. The Kier molecular flexibility index (Phi) is 5.83. The molecule has 1 aliphatic heterocycles. The van der Waals surface area contributed by atoms with Gasteiger partial charge in [-0.3, -0.25) is 4.90 Å². The summed E-state index contributed by atoms with van der Waals surface area (Å²) in [4.78, 5) is 2.38. The van der Waals surface area contributed by atoms with Gasteiger partial charge in [0.1, 0.15) is 5.75 Å². The van der Waals surface area contributed by atoms with E-state index in [1.165, 1.54) is 5.56 Å². The fourth-order valence-corrected chi connectivity index (χ4v) is 2.79. The van der Waals surface area contributed by atoms with Crippen molar-refractivity contribution in [1.29, 1.82) is 0 Å². The Morgan fingerprint density at radius 3 is 2.75 bits per heavy atom. The van der Waals surface area contributed by atoms with Crippen LogP contribution in [-0.2, 0) is 11.3 Å². The fourth-order valence-electron chi connectivity index (χ4n) is 2.79. The van der Waals surface area contributed by atoms with Gasteiger partial charge in [0.15, 0.2) is 0 Å². The molecular formula is C16H26N2O2. The fraction of sp³-hybridized carbons (Fsp3) is 0.625. The van der Waals surface area contributed by atoms with Crippen LogP contribution < -0.4 is 10.1 Å². The van der Waals surface area contributed by atoms with Gasteiger partial charge in [-0.15, -0.1) is 0 Å². The largest absolute Gasteiger partial charge is 0.497 e. The lowest BCUT2D eigenvalue weighted by molar-refractivity contribution is 0.00384. The second-order valence-electron chi connectivity index (χ2n) is 5.36. The minimum absolute atomic E-state index is 0.436. The van der Waals surface area contributed by atoms with Gasteiger partial charge in [0.2, 0.25) is 0 Å². The van der Waals surface area contributed by atoms with E-state index in [0.29, 0.717) is 12.1 Å². The summed E-state index contributed by atoms with van der Waals surface area (Å²) in [5.41, 5.74) is 1.30. The predicted molar refractivity (Wildman–Crippen MR) is 81.1 cm³/mol. The molecule has 0 aliphatic carbocycles. The summed E-state index contributed by atoms with van der Waals surface area (Å²) in [6.45, 7) is 5.78. The van der Waals surface area contributed by atoms with Crippen molar-refractivity contribution in [3.63, 3.8) is 0 Å². The molecular weight excluding hydrogens is 252 g/mol. The van der Waals surface area contributed by atoms with Crippen LogP contribution in [0, 0.1) is 0 Å². The van der Waals surface area contributed by atoms with Crippen LogP contribution in [0.5, 0.6) is 5.75 Å². The number of benzene rings is 1. The first-order valence-electron chi connectivity index (χ1n) is 7.39. The minimum Gasteiger partial charge on any atom is -0.497 e. The Bertz CT molecular complexity index is 392. The molecule has 4 heteroatoms. The maximum absolute atomic E-state index is 5.65. The zero-order valence-corrected chi connectivity index (χ0v) is 12.8. The number of nitrogens with zero attached hydrogens (tertiary/aromatic N) is 1. The lowest BCUT2D eigenvalue weighted by Crippen LogP contribution is -2.53. The van der Waals surface area contributed by atoms with Crippen LogP contribution in [0.2, 0.25) is 0 Å². The SMILES string of the molecule is CCNC1CCOCC1N(C)Cc1ccc(OC)cc1. The van der Waals surface area contributed by atoms with Crippen LogP contribution >= 0.6 is 0 Å². The Hall–Kier alpha value is -1.10. The molecule has 0 amide bonds. The molecule has 2 rings (SSSR count). The molecule has 1 aromatic carbocycles. The Morgan fingerprint density at radius 1 is 1.35 bits per heavy atom. The zero-order valence-electron chi connectivity index (χ0n) is 12.8. The summed E-state index contributed by atoms with van der Waals surface area (Å²) in [6.07, 6.45) is 1.09. The number of hydrogen-bond acceptors (Lipinski definition) is 4. The second kappa shape index (κ2) is 7.62. The van der Waals surface area contributed by atoms with Crippen molar-refractivity contribution in [2.75, 3.05) is 33.9 Å². The maximum Gasteiger partial charge on any atom is 0.118 e. The highest BCUT2D eigenvalue weighted by molar-refractivity contribution is 5.27. The molecule has 1 saturated heterocycles. The molecule has 2 unspecified atom stereocenters. The van der Waals surface area contributed by atoms with E-state index in [0.717, 1.165) is 38.5 Å². The molecule has 1 heterocycles. The Labute approximate surface area is 122 Å². The lowest BCUT2D eigenvalue weighted by Gasteiger charge is -2.38. The van der Waals surface area contributed by atoms with Gasteiger partial charge in [0.05, 0.1) is 13.7 Å². The second-order valence-corrected chi connectivity index (χ2v) is 5.36. The van der Waals surface area contributed by atoms with Crippen LogP contribution in [0.3, 0.4) is 0 Å².